The van der Waals surface area contributed by atoms with E-state index in [9.17, 15) is 0 Å². The predicted octanol–water partition coefficient (Wildman–Crippen LogP) is 4.50. The molecule has 1 aliphatic rings. The highest BCUT2D eigenvalue weighted by molar-refractivity contribution is 5.92. The van der Waals surface area contributed by atoms with E-state index in [1.54, 1.807) is 0 Å². The molecule has 0 unspecified atom stereocenters. The normalized spacial score (nSPS) is 15.7. The lowest BCUT2D eigenvalue weighted by Crippen LogP contribution is -2.31. The third-order valence-corrected chi connectivity index (χ3v) is 4.73. The van der Waals surface area contributed by atoms with Gasteiger partial charge in [0.15, 0.2) is 0 Å². The standard InChI is InChI=1S/C21H22N2/c1-2-6-17(7-3-1)12-15-23-14-5-8-18(16-23)19-9-4-10-21-20(19)11-13-22-21/h1-4,6-11,13,22H,5,12,14-16H2. The van der Waals surface area contributed by atoms with E-state index in [4.69, 9.17) is 0 Å². The van der Waals surface area contributed by atoms with Crippen LogP contribution in [-0.2, 0) is 6.42 Å². The molecule has 0 radical (unpaired) electrons. The zero-order chi connectivity index (χ0) is 15.5. The zero-order valence-electron chi connectivity index (χ0n) is 13.3. The van der Waals surface area contributed by atoms with Gasteiger partial charge in [0.2, 0.25) is 0 Å². The maximum Gasteiger partial charge on any atom is 0.0460 e. The summed E-state index contributed by atoms with van der Waals surface area (Å²) in [5, 5.41) is 1.34. The third-order valence-electron chi connectivity index (χ3n) is 4.73. The fourth-order valence-electron chi connectivity index (χ4n) is 3.49. The molecule has 0 aliphatic carbocycles. The molecule has 0 saturated carbocycles. The van der Waals surface area contributed by atoms with Crippen molar-refractivity contribution in [3.05, 3.63) is 78.0 Å². The molecule has 2 heterocycles. The number of nitrogens with one attached hydrogen (secondary N) is 1. The Morgan fingerprint density at radius 1 is 0.957 bits per heavy atom. The number of hydrogen-bond donors (Lipinski definition) is 1. The van der Waals surface area contributed by atoms with Crippen molar-refractivity contribution in [1.29, 1.82) is 0 Å². The van der Waals surface area contributed by atoms with Crippen molar-refractivity contribution in [1.82, 2.24) is 9.88 Å². The average Bonchev–Trinajstić information content (AvgIpc) is 3.10. The van der Waals surface area contributed by atoms with Crippen molar-refractivity contribution >= 4 is 16.5 Å². The van der Waals surface area contributed by atoms with E-state index < -0.39 is 0 Å². The molecule has 0 fully saturated rings. The number of fused-ring (bicyclic) bond motifs is 1. The third kappa shape index (κ3) is 3.08. The number of nitrogens with zero attached hydrogens (tertiary/aromatic N) is 1. The smallest absolute Gasteiger partial charge is 0.0460 e. The van der Waals surface area contributed by atoms with Crippen LogP contribution in [0.5, 0.6) is 0 Å². The van der Waals surface area contributed by atoms with Crippen LogP contribution >= 0.6 is 0 Å². The second-order valence-corrected chi connectivity index (χ2v) is 6.27. The molecule has 0 atom stereocenters. The summed E-state index contributed by atoms with van der Waals surface area (Å²) in [5.41, 5.74) is 5.50. The first-order valence-corrected chi connectivity index (χ1v) is 8.42. The maximum absolute atomic E-state index is 3.32. The molecule has 4 rings (SSSR count). The summed E-state index contributed by atoms with van der Waals surface area (Å²) >= 11 is 0. The summed E-state index contributed by atoms with van der Waals surface area (Å²) in [6.07, 6.45) is 6.72. The van der Waals surface area contributed by atoms with Gasteiger partial charge in [-0.2, -0.15) is 0 Å². The molecule has 116 valence electrons. The van der Waals surface area contributed by atoms with Gasteiger partial charge in [-0.1, -0.05) is 48.5 Å². The van der Waals surface area contributed by atoms with Crippen molar-refractivity contribution in [2.45, 2.75) is 12.8 Å². The highest BCUT2D eigenvalue weighted by Gasteiger charge is 2.15. The van der Waals surface area contributed by atoms with Crippen LogP contribution in [0.3, 0.4) is 0 Å². The minimum atomic E-state index is 1.05. The number of rotatable bonds is 4. The second kappa shape index (κ2) is 6.43. The summed E-state index contributed by atoms with van der Waals surface area (Å²) in [7, 11) is 0. The van der Waals surface area contributed by atoms with E-state index in [-0.39, 0.29) is 0 Å². The van der Waals surface area contributed by atoms with Crippen LogP contribution in [0.2, 0.25) is 0 Å². The SMILES string of the molecule is C1=C(c2cccc3[nH]ccc23)CN(CCc2ccccc2)CC1. The van der Waals surface area contributed by atoms with E-state index in [1.807, 2.05) is 6.20 Å². The molecular formula is C21H22N2. The molecular weight excluding hydrogens is 280 g/mol. The molecule has 1 aromatic heterocycles. The number of aromatic amines is 1. The minimum Gasteiger partial charge on any atom is -0.361 e. The van der Waals surface area contributed by atoms with Gasteiger partial charge in [0.1, 0.15) is 0 Å². The van der Waals surface area contributed by atoms with Crippen molar-refractivity contribution in [3.8, 4) is 0 Å². The Hall–Kier alpha value is -2.32. The van der Waals surface area contributed by atoms with E-state index in [0.717, 1.165) is 25.9 Å². The van der Waals surface area contributed by atoms with E-state index >= 15 is 0 Å². The van der Waals surface area contributed by atoms with Crippen LogP contribution in [0.4, 0.5) is 0 Å². The average molecular weight is 302 g/mol. The quantitative estimate of drug-likeness (QED) is 0.752. The topological polar surface area (TPSA) is 19.0 Å². The molecule has 2 aromatic carbocycles. The molecule has 0 bridgehead atoms. The molecule has 3 aromatic rings. The van der Waals surface area contributed by atoms with Gasteiger partial charge in [-0.25, -0.2) is 0 Å². The lowest BCUT2D eigenvalue weighted by atomic mass is 9.97. The fourth-order valence-corrected chi connectivity index (χ4v) is 3.49. The van der Waals surface area contributed by atoms with Crippen LogP contribution in [0.25, 0.3) is 16.5 Å². The monoisotopic (exact) mass is 302 g/mol. The van der Waals surface area contributed by atoms with Gasteiger partial charge in [-0.15, -0.1) is 0 Å². The van der Waals surface area contributed by atoms with E-state index in [0.29, 0.717) is 0 Å². The first-order chi connectivity index (χ1) is 11.4. The highest BCUT2D eigenvalue weighted by atomic mass is 15.1. The summed E-state index contributed by atoms with van der Waals surface area (Å²) < 4.78 is 0. The number of hydrogen-bond acceptors (Lipinski definition) is 1. The Bertz CT molecular complexity index is 814. The molecule has 0 spiro atoms. The van der Waals surface area contributed by atoms with Gasteiger partial charge in [-0.05, 0) is 41.7 Å². The Balaban J connectivity index is 1.49. The molecule has 2 heteroatoms. The van der Waals surface area contributed by atoms with Gasteiger partial charge in [0, 0.05) is 36.7 Å². The van der Waals surface area contributed by atoms with Crippen molar-refractivity contribution in [2.75, 3.05) is 19.6 Å². The lowest BCUT2D eigenvalue weighted by molar-refractivity contribution is 0.308. The first kappa shape index (κ1) is 14.3. The lowest BCUT2D eigenvalue weighted by Gasteiger charge is -2.27. The van der Waals surface area contributed by atoms with Gasteiger partial charge < -0.3 is 4.98 Å². The van der Waals surface area contributed by atoms with Gasteiger partial charge >= 0.3 is 0 Å². The van der Waals surface area contributed by atoms with Crippen LogP contribution in [0, 0.1) is 0 Å². The van der Waals surface area contributed by atoms with Crippen LogP contribution < -0.4 is 0 Å². The van der Waals surface area contributed by atoms with Crippen LogP contribution in [-0.4, -0.2) is 29.5 Å². The van der Waals surface area contributed by atoms with Gasteiger partial charge in [0.25, 0.3) is 0 Å². The van der Waals surface area contributed by atoms with Gasteiger partial charge in [-0.3, -0.25) is 4.90 Å². The summed E-state index contributed by atoms with van der Waals surface area (Å²) in [6.45, 7) is 3.35. The summed E-state index contributed by atoms with van der Waals surface area (Å²) in [5.74, 6) is 0. The largest absolute Gasteiger partial charge is 0.361 e. The Labute approximate surface area is 137 Å². The Kier molecular flexibility index (Phi) is 3.99. The molecule has 0 amide bonds. The Morgan fingerprint density at radius 3 is 2.78 bits per heavy atom. The maximum atomic E-state index is 3.32. The molecule has 23 heavy (non-hydrogen) atoms. The minimum absolute atomic E-state index is 1.05. The fraction of sp³-hybridized carbons (Fsp3) is 0.238. The second-order valence-electron chi connectivity index (χ2n) is 6.27. The van der Waals surface area contributed by atoms with E-state index in [2.05, 4.69) is 70.6 Å². The van der Waals surface area contributed by atoms with Crippen molar-refractivity contribution < 1.29 is 0 Å². The zero-order valence-corrected chi connectivity index (χ0v) is 13.3. The molecule has 0 saturated heterocycles. The number of aromatic nitrogens is 1. The van der Waals surface area contributed by atoms with Crippen LogP contribution in [0.1, 0.15) is 17.5 Å². The van der Waals surface area contributed by atoms with Crippen molar-refractivity contribution in [3.63, 3.8) is 0 Å². The number of H-pyrrole nitrogens is 1. The molecule has 1 aliphatic heterocycles. The van der Waals surface area contributed by atoms with Crippen LogP contribution in [0.15, 0.2) is 66.9 Å². The summed E-state index contributed by atoms with van der Waals surface area (Å²) in [6, 6.07) is 19.5. The molecule has 2 nitrogen and oxygen atoms in total. The van der Waals surface area contributed by atoms with Gasteiger partial charge in [0.05, 0.1) is 0 Å². The molecule has 1 N–H and O–H groups in total. The highest BCUT2D eigenvalue weighted by Crippen LogP contribution is 2.27. The van der Waals surface area contributed by atoms with E-state index in [1.165, 1.54) is 34.1 Å². The predicted molar refractivity (Wildman–Crippen MR) is 97.5 cm³/mol. The first-order valence-electron chi connectivity index (χ1n) is 8.42. The summed E-state index contributed by atoms with van der Waals surface area (Å²) in [4.78, 5) is 5.89. The number of benzene rings is 2. The van der Waals surface area contributed by atoms with Crippen molar-refractivity contribution in [2.24, 2.45) is 0 Å². The Morgan fingerprint density at radius 2 is 1.87 bits per heavy atom.